The number of likely N-dealkylation sites (N-methyl/N-ethyl adjacent to an activating group) is 2. The zero-order chi connectivity index (χ0) is 16.1. The van der Waals surface area contributed by atoms with Crippen molar-refractivity contribution in [3.63, 3.8) is 0 Å². The first kappa shape index (κ1) is 17.6. The number of hydrogen-bond acceptors (Lipinski definition) is 5. The molecule has 3 heterocycles. The van der Waals surface area contributed by atoms with Crippen LogP contribution in [0.25, 0.3) is 0 Å². The molecule has 5 heteroatoms. The Hall–Kier alpha value is -0.200. The lowest BCUT2D eigenvalue weighted by atomic mass is 9.90. The Morgan fingerprint density at radius 3 is 1.96 bits per heavy atom. The number of nitrogens with one attached hydrogen (secondary N) is 1. The summed E-state index contributed by atoms with van der Waals surface area (Å²) in [4.78, 5) is 10.7. The van der Waals surface area contributed by atoms with Crippen LogP contribution in [0.15, 0.2) is 0 Å². The summed E-state index contributed by atoms with van der Waals surface area (Å²) < 4.78 is 0. The molecule has 0 spiro atoms. The van der Waals surface area contributed by atoms with Crippen LogP contribution in [0.1, 0.15) is 20.3 Å². The van der Waals surface area contributed by atoms with Gasteiger partial charge in [0, 0.05) is 71.5 Å². The molecule has 3 saturated heterocycles. The van der Waals surface area contributed by atoms with Gasteiger partial charge in [-0.2, -0.15) is 0 Å². The van der Waals surface area contributed by atoms with Gasteiger partial charge in [0.15, 0.2) is 0 Å². The molecule has 0 radical (unpaired) electrons. The Morgan fingerprint density at radius 2 is 1.35 bits per heavy atom. The van der Waals surface area contributed by atoms with Crippen molar-refractivity contribution in [3.8, 4) is 0 Å². The lowest BCUT2D eigenvalue weighted by molar-refractivity contribution is 0.0358. The monoisotopic (exact) mass is 323 g/mol. The van der Waals surface area contributed by atoms with Gasteiger partial charge in [0.05, 0.1) is 0 Å². The molecule has 23 heavy (non-hydrogen) atoms. The van der Waals surface area contributed by atoms with E-state index in [4.69, 9.17) is 0 Å². The second-order valence-electron chi connectivity index (χ2n) is 7.53. The molecular formula is C18H37N5. The van der Waals surface area contributed by atoms with Crippen molar-refractivity contribution >= 4 is 0 Å². The second kappa shape index (κ2) is 8.77. The summed E-state index contributed by atoms with van der Waals surface area (Å²) in [6.45, 7) is 20.8. The maximum atomic E-state index is 3.66. The molecule has 134 valence electrons. The second-order valence-corrected chi connectivity index (χ2v) is 7.53. The van der Waals surface area contributed by atoms with Crippen LogP contribution in [0.4, 0.5) is 0 Å². The van der Waals surface area contributed by atoms with E-state index in [1.165, 1.54) is 91.5 Å². The lowest BCUT2D eigenvalue weighted by Crippen LogP contribution is -2.59. The van der Waals surface area contributed by atoms with Crippen LogP contribution >= 0.6 is 0 Å². The molecule has 3 aliphatic heterocycles. The lowest BCUT2D eigenvalue weighted by Gasteiger charge is -2.46. The number of hydrogen-bond donors (Lipinski definition) is 1. The summed E-state index contributed by atoms with van der Waals surface area (Å²) in [6, 6.07) is 0.756. The average Bonchev–Trinajstić information content (AvgIpc) is 2.63. The molecule has 1 N–H and O–H groups in total. The van der Waals surface area contributed by atoms with Gasteiger partial charge in [-0.25, -0.2) is 0 Å². The highest BCUT2D eigenvalue weighted by Crippen LogP contribution is 2.22. The number of rotatable bonds is 5. The van der Waals surface area contributed by atoms with Gasteiger partial charge in [0.1, 0.15) is 0 Å². The van der Waals surface area contributed by atoms with Crippen LogP contribution < -0.4 is 5.32 Å². The Balaban J connectivity index is 1.50. The van der Waals surface area contributed by atoms with Crippen LogP contribution in [0, 0.1) is 5.92 Å². The molecule has 0 aromatic rings. The van der Waals surface area contributed by atoms with Crippen LogP contribution in [0.5, 0.6) is 0 Å². The van der Waals surface area contributed by atoms with E-state index < -0.39 is 0 Å². The molecule has 0 aromatic heterocycles. The van der Waals surface area contributed by atoms with E-state index >= 15 is 0 Å². The van der Waals surface area contributed by atoms with Crippen LogP contribution in [-0.2, 0) is 0 Å². The minimum absolute atomic E-state index is 0.756. The highest BCUT2D eigenvalue weighted by molar-refractivity contribution is 4.90. The molecule has 3 rings (SSSR count). The largest absolute Gasteiger partial charge is 0.315 e. The number of piperidine rings is 1. The van der Waals surface area contributed by atoms with Crippen LogP contribution in [0.2, 0.25) is 0 Å². The summed E-state index contributed by atoms with van der Waals surface area (Å²) in [5, 5.41) is 3.66. The molecular weight excluding hydrogens is 286 g/mol. The molecule has 0 aromatic carbocycles. The van der Waals surface area contributed by atoms with Gasteiger partial charge in [0.25, 0.3) is 0 Å². The Bertz CT molecular complexity index is 334. The Kier molecular flexibility index (Phi) is 6.72. The van der Waals surface area contributed by atoms with E-state index in [1.54, 1.807) is 0 Å². The van der Waals surface area contributed by atoms with E-state index in [2.05, 4.69) is 38.8 Å². The topological polar surface area (TPSA) is 25.0 Å². The zero-order valence-corrected chi connectivity index (χ0v) is 15.3. The molecule has 3 fully saturated rings. The van der Waals surface area contributed by atoms with Crippen LogP contribution in [-0.4, -0.2) is 111 Å². The van der Waals surface area contributed by atoms with Gasteiger partial charge in [-0.15, -0.1) is 0 Å². The number of nitrogens with zero attached hydrogens (tertiary/aromatic N) is 4. The zero-order valence-electron chi connectivity index (χ0n) is 15.3. The minimum atomic E-state index is 0.756. The summed E-state index contributed by atoms with van der Waals surface area (Å²) in [5.74, 6) is 0.859. The molecule has 5 nitrogen and oxygen atoms in total. The predicted octanol–water partition coefficient (Wildman–Crippen LogP) is 0.240. The minimum Gasteiger partial charge on any atom is -0.315 e. The first-order chi connectivity index (χ1) is 11.3. The van der Waals surface area contributed by atoms with Crippen molar-refractivity contribution in [2.75, 3.05) is 85.1 Å². The van der Waals surface area contributed by atoms with Crippen molar-refractivity contribution in [2.24, 2.45) is 5.92 Å². The SMILES string of the molecule is CCN1CCN(CC2CCNCC2N2CCN(CC)CC2)CC1. The average molecular weight is 324 g/mol. The van der Waals surface area contributed by atoms with E-state index in [1.807, 2.05) is 0 Å². The highest BCUT2D eigenvalue weighted by atomic mass is 15.3. The molecule has 0 saturated carbocycles. The molecule has 2 unspecified atom stereocenters. The Morgan fingerprint density at radius 1 is 0.783 bits per heavy atom. The van der Waals surface area contributed by atoms with Crippen molar-refractivity contribution in [1.29, 1.82) is 0 Å². The molecule has 0 aliphatic carbocycles. The van der Waals surface area contributed by atoms with Crippen molar-refractivity contribution < 1.29 is 0 Å². The van der Waals surface area contributed by atoms with E-state index in [0.29, 0.717) is 0 Å². The standard InChI is InChI=1S/C18H37N5/c1-3-20-7-9-22(10-8-20)16-17-5-6-19-15-18(17)23-13-11-21(4-2)12-14-23/h17-19H,3-16H2,1-2H3. The van der Waals surface area contributed by atoms with Gasteiger partial charge in [-0.3, -0.25) is 4.90 Å². The molecule has 0 bridgehead atoms. The first-order valence-electron chi connectivity index (χ1n) is 9.92. The van der Waals surface area contributed by atoms with Crippen LogP contribution in [0.3, 0.4) is 0 Å². The molecule has 0 amide bonds. The normalized spacial score (nSPS) is 33.1. The summed E-state index contributed by atoms with van der Waals surface area (Å²) in [7, 11) is 0. The van der Waals surface area contributed by atoms with Crippen molar-refractivity contribution in [3.05, 3.63) is 0 Å². The Labute approximate surface area is 143 Å². The third kappa shape index (κ3) is 4.67. The molecule has 2 atom stereocenters. The summed E-state index contributed by atoms with van der Waals surface area (Å²) in [5.41, 5.74) is 0. The van der Waals surface area contributed by atoms with Gasteiger partial charge in [-0.05, 0) is 32.0 Å². The van der Waals surface area contributed by atoms with E-state index in [9.17, 15) is 0 Å². The van der Waals surface area contributed by atoms with Crippen molar-refractivity contribution in [2.45, 2.75) is 26.3 Å². The summed E-state index contributed by atoms with van der Waals surface area (Å²) >= 11 is 0. The fraction of sp³-hybridized carbons (Fsp3) is 1.00. The van der Waals surface area contributed by atoms with Gasteiger partial charge < -0.3 is 20.0 Å². The third-order valence-corrected chi connectivity index (χ3v) is 6.32. The quantitative estimate of drug-likeness (QED) is 0.782. The summed E-state index contributed by atoms with van der Waals surface area (Å²) in [6.07, 6.45) is 1.35. The van der Waals surface area contributed by atoms with Crippen molar-refractivity contribution in [1.82, 2.24) is 24.9 Å². The van der Waals surface area contributed by atoms with Gasteiger partial charge in [0.2, 0.25) is 0 Å². The first-order valence-corrected chi connectivity index (χ1v) is 9.92. The molecule has 3 aliphatic rings. The smallest absolute Gasteiger partial charge is 0.0262 e. The van der Waals surface area contributed by atoms with E-state index in [0.717, 1.165) is 12.0 Å². The van der Waals surface area contributed by atoms with E-state index in [-0.39, 0.29) is 0 Å². The third-order valence-electron chi connectivity index (χ3n) is 6.32. The maximum Gasteiger partial charge on any atom is 0.0262 e. The number of piperazine rings is 2. The maximum absolute atomic E-state index is 3.66. The van der Waals surface area contributed by atoms with Gasteiger partial charge in [-0.1, -0.05) is 13.8 Å². The predicted molar refractivity (Wildman–Crippen MR) is 97.0 cm³/mol. The fourth-order valence-electron chi connectivity index (χ4n) is 4.57. The van der Waals surface area contributed by atoms with Gasteiger partial charge >= 0.3 is 0 Å². The highest BCUT2D eigenvalue weighted by Gasteiger charge is 2.33. The fourth-order valence-corrected chi connectivity index (χ4v) is 4.57.